The van der Waals surface area contributed by atoms with Gasteiger partial charge in [0, 0.05) is 23.4 Å². The van der Waals surface area contributed by atoms with Gasteiger partial charge in [0.2, 0.25) is 5.91 Å². The maximum Gasteiger partial charge on any atom is 0.417 e. The number of nitrogens with zero attached hydrogens (tertiary/aromatic N) is 1. The standard InChI is InChI=1S/C17H22BrF3N2O2/c1-2-25-11-12-5-7-23(8-6-12)10-16(24)22-13-3-4-15(18)14(9-13)17(19,20)21/h3-4,9,12H,2,5-8,10-11H2,1H3,(H,22,24). The number of rotatable bonds is 6. The molecule has 0 saturated carbocycles. The Morgan fingerprint density at radius 3 is 2.64 bits per heavy atom. The highest BCUT2D eigenvalue weighted by Gasteiger charge is 2.33. The van der Waals surface area contributed by atoms with E-state index in [4.69, 9.17) is 4.74 Å². The summed E-state index contributed by atoms with van der Waals surface area (Å²) < 4.78 is 44.1. The number of carbonyl (C=O) groups is 1. The van der Waals surface area contributed by atoms with Crippen LogP contribution in [0.2, 0.25) is 0 Å². The molecule has 0 spiro atoms. The van der Waals surface area contributed by atoms with Crippen molar-refractivity contribution in [2.45, 2.75) is 25.9 Å². The molecule has 140 valence electrons. The van der Waals surface area contributed by atoms with E-state index in [0.29, 0.717) is 12.5 Å². The molecule has 2 rings (SSSR count). The summed E-state index contributed by atoms with van der Waals surface area (Å²) in [5.41, 5.74) is -0.659. The Morgan fingerprint density at radius 2 is 2.04 bits per heavy atom. The summed E-state index contributed by atoms with van der Waals surface area (Å²) in [7, 11) is 0. The zero-order valence-electron chi connectivity index (χ0n) is 14.0. The molecule has 1 aromatic rings. The third-order valence-corrected chi connectivity index (χ3v) is 4.88. The molecule has 0 bridgehead atoms. The van der Waals surface area contributed by atoms with Crippen LogP contribution in [-0.2, 0) is 15.7 Å². The Hall–Kier alpha value is -1.12. The number of benzene rings is 1. The van der Waals surface area contributed by atoms with Crippen molar-refractivity contribution in [3.8, 4) is 0 Å². The molecule has 1 aromatic carbocycles. The molecule has 1 saturated heterocycles. The van der Waals surface area contributed by atoms with Crippen molar-refractivity contribution < 1.29 is 22.7 Å². The molecule has 1 aliphatic heterocycles. The van der Waals surface area contributed by atoms with E-state index in [0.717, 1.165) is 38.6 Å². The quantitative estimate of drug-likeness (QED) is 0.748. The Labute approximate surface area is 153 Å². The number of halogens is 4. The van der Waals surface area contributed by atoms with Crippen LogP contribution in [0.1, 0.15) is 25.3 Å². The first kappa shape index (κ1) is 20.2. The molecular formula is C17H22BrF3N2O2. The summed E-state index contributed by atoms with van der Waals surface area (Å²) in [6.45, 7) is 5.18. The molecular weight excluding hydrogens is 401 g/mol. The summed E-state index contributed by atoms with van der Waals surface area (Å²) >= 11 is 2.88. The molecule has 25 heavy (non-hydrogen) atoms. The second-order valence-electron chi connectivity index (χ2n) is 6.12. The predicted octanol–water partition coefficient (Wildman–Crippen LogP) is 4.15. The lowest BCUT2D eigenvalue weighted by Gasteiger charge is -2.31. The normalized spacial score (nSPS) is 16.8. The van der Waals surface area contributed by atoms with Crippen LogP contribution in [0.5, 0.6) is 0 Å². The summed E-state index contributed by atoms with van der Waals surface area (Å²) in [5.74, 6) is 0.207. The minimum atomic E-state index is -4.47. The maximum absolute atomic E-state index is 12.9. The van der Waals surface area contributed by atoms with Crippen LogP contribution >= 0.6 is 15.9 Å². The molecule has 0 atom stereocenters. The van der Waals surface area contributed by atoms with Crippen LogP contribution in [0, 0.1) is 5.92 Å². The van der Waals surface area contributed by atoms with Crippen molar-refractivity contribution in [2.24, 2.45) is 5.92 Å². The molecule has 0 unspecified atom stereocenters. The van der Waals surface area contributed by atoms with Crippen LogP contribution in [0.4, 0.5) is 18.9 Å². The van der Waals surface area contributed by atoms with Gasteiger partial charge in [0.1, 0.15) is 0 Å². The van der Waals surface area contributed by atoms with E-state index in [2.05, 4.69) is 21.2 Å². The fourth-order valence-electron chi connectivity index (χ4n) is 2.82. The van der Waals surface area contributed by atoms with Crippen LogP contribution < -0.4 is 5.32 Å². The van der Waals surface area contributed by atoms with Crippen molar-refractivity contribution >= 4 is 27.5 Å². The highest BCUT2D eigenvalue weighted by atomic mass is 79.9. The number of piperidine rings is 1. The number of likely N-dealkylation sites (tertiary alicyclic amines) is 1. The molecule has 1 amide bonds. The van der Waals surface area contributed by atoms with E-state index in [9.17, 15) is 18.0 Å². The fourth-order valence-corrected chi connectivity index (χ4v) is 3.29. The minimum absolute atomic E-state index is 0.0469. The highest BCUT2D eigenvalue weighted by molar-refractivity contribution is 9.10. The van der Waals surface area contributed by atoms with Crippen LogP contribution in [-0.4, -0.2) is 43.7 Å². The molecule has 8 heteroatoms. The summed E-state index contributed by atoms with van der Waals surface area (Å²) in [6, 6.07) is 3.68. The third-order valence-electron chi connectivity index (χ3n) is 4.19. The number of hydrogen-bond acceptors (Lipinski definition) is 3. The van der Waals surface area contributed by atoms with Gasteiger partial charge < -0.3 is 10.1 Å². The number of ether oxygens (including phenoxy) is 1. The predicted molar refractivity (Wildman–Crippen MR) is 93.4 cm³/mol. The molecule has 1 heterocycles. The first-order valence-corrected chi connectivity index (χ1v) is 9.05. The van der Waals surface area contributed by atoms with Gasteiger partial charge >= 0.3 is 6.18 Å². The number of hydrogen-bond donors (Lipinski definition) is 1. The number of anilines is 1. The van der Waals surface area contributed by atoms with Crippen LogP contribution in [0.15, 0.2) is 22.7 Å². The van der Waals surface area contributed by atoms with Gasteiger partial charge in [-0.2, -0.15) is 13.2 Å². The Kier molecular flexibility index (Phi) is 7.27. The molecule has 4 nitrogen and oxygen atoms in total. The molecule has 1 N–H and O–H groups in total. The Morgan fingerprint density at radius 1 is 1.36 bits per heavy atom. The number of alkyl halides is 3. The summed E-state index contributed by atoms with van der Waals surface area (Å²) in [6.07, 6.45) is -2.55. The number of carbonyl (C=O) groups excluding carboxylic acids is 1. The van der Waals surface area contributed by atoms with Gasteiger partial charge in [-0.1, -0.05) is 15.9 Å². The van der Waals surface area contributed by atoms with Gasteiger partial charge in [-0.05, 0) is 57.0 Å². The molecule has 0 aromatic heterocycles. The average molecular weight is 423 g/mol. The van der Waals surface area contributed by atoms with Crippen molar-refractivity contribution in [1.82, 2.24) is 4.90 Å². The monoisotopic (exact) mass is 422 g/mol. The second-order valence-corrected chi connectivity index (χ2v) is 6.97. The van der Waals surface area contributed by atoms with Crippen LogP contribution in [0.25, 0.3) is 0 Å². The number of amides is 1. The molecule has 1 aliphatic rings. The Bertz CT molecular complexity index is 588. The summed E-state index contributed by atoms with van der Waals surface area (Å²) in [5, 5.41) is 2.55. The lowest BCUT2D eigenvalue weighted by atomic mass is 9.98. The largest absolute Gasteiger partial charge is 0.417 e. The van der Waals surface area contributed by atoms with Crippen molar-refractivity contribution in [3.05, 3.63) is 28.2 Å². The van der Waals surface area contributed by atoms with E-state index in [1.807, 2.05) is 11.8 Å². The summed E-state index contributed by atoms with van der Waals surface area (Å²) in [4.78, 5) is 14.1. The van der Waals surface area contributed by atoms with Crippen molar-refractivity contribution in [1.29, 1.82) is 0 Å². The minimum Gasteiger partial charge on any atom is -0.381 e. The van der Waals surface area contributed by atoms with E-state index in [1.54, 1.807) is 0 Å². The molecule has 1 fully saturated rings. The van der Waals surface area contributed by atoms with Crippen molar-refractivity contribution in [3.63, 3.8) is 0 Å². The second kappa shape index (κ2) is 9.00. The maximum atomic E-state index is 12.9. The van der Waals surface area contributed by atoms with Crippen LogP contribution in [0.3, 0.4) is 0 Å². The van der Waals surface area contributed by atoms with Gasteiger partial charge in [-0.3, -0.25) is 9.69 Å². The number of nitrogens with one attached hydrogen (secondary N) is 1. The van der Waals surface area contributed by atoms with Crippen molar-refractivity contribution in [2.75, 3.05) is 38.2 Å². The highest BCUT2D eigenvalue weighted by Crippen LogP contribution is 2.36. The Balaban J connectivity index is 1.85. The van der Waals surface area contributed by atoms with E-state index in [1.165, 1.54) is 12.1 Å². The molecule has 0 aliphatic carbocycles. The van der Waals surface area contributed by atoms with Gasteiger partial charge in [-0.15, -0.1) is 0 Å². The topological polar surface area (TPSA) is 41.6 Å². The van der Waals surface area contributed by atoms with Gasteiger partial charge in [0.05, 0.1) is 12.1 Å². The third kappa shape index (κ3) is 6.27. The average Bonchev–Trinajstić information content (AvgIpc) is 2.55. The van der Waals surface area contributed by atoms with Gasteiger partial charge in [-0.25, -0.2) is 0 Å². The van der Waals surface area contributed by atoms with Gasteiger partial charge in [0.25, 0.3) is 0 Å². The van der Waals surface area contributed by atoms with E-state index >= 15 is 0 Å². The smallest absolute Gasteiger partial charge is 0.381 e. The zero-order chi connectivity index (χ0) is 18.4. The molecule has 0 radical (unpaired) electrons. The first-order valence-electron chi connectivity index (χ1n) is 8.26. The fraction of sp³-hybridized carbons (Fsp3) is 0.588. The zero-order valence-corrected chi connectivity index (χ0v) is 15.6. The lowest BCUT2D eigenvalue weighted by molar-refractivity contribution is -0.138. The van der Waals surface area contributed by atoms with E-state index < -0.39 is 11.7 Å². The van der Waals surface area contributed by atoms with E-state index in [-0.39, 0.29) is 22.6 Å². The van der Waals surface area contributed by atoms with Gasteiger partial charge in [0.15, 0.2) is 0 Å². The SMILES string of the molecule is CCOCC1CCN(CC(=O)Nc2ccc(Br)c(C(F)(F)F)c2)CC1. The first-order chi connectivity index (χ1) is 11.8. The lowest BCUT2D eigenvalue weighted by Crippen LogP contribution is -2.40.